The van der Waals surface area contributed by atoms with Crippen molar-refractivity contribution >= 4 is 23.2 Å². The van der Waals surface area contributed by atoms with Gasteiger partial charge in [-0.2, -0.15) is 0 Å². The minimum Gasteiger partial charge on any atom is -0.274 e. The normalized spacial score (nSPS) is 13.7. The van der Waals surface area contributed by atoms with Crippen LogP contribution in [0.3, 0.4) is 0 Å². The Balaban J connectivity index is 1.50. The second kappa shape index (κ2) is 11.6. The molecule has 2 rings (SSSR count). The second-order valence-corrected chi connectivity index (χ2v) is 9.40. The van der Waals surface area contributed by atoms with Gasteiger partial charge in [-0.25, -0.2) is 0 Å². The molecular weight excluding hydrogens is 354 g/mol. The zero-order valence-corrected chi connectivity index (χ0v) is 18.4. The SMILES string of the molecule is CCCCCCCCCCCCCCCN1C(=O)c2c(C)sc(C)c2C1=O. The molecule has 27 heavy (non-hydrogen) atoms. The van der Waals surface area contributed by atoms with Crippen molar-refractivity contribution in [1.29, 1.82) is 0 Å². The summed E-state index contributed by atoms with van der Waals surface area (Å²) >= 11 is 1.56. The predicted octanol–water partition coefficient (Wildman–Crippen LogP) is 7.05. The Morgan fingerprint density at radius 3 is 1.41 bits per heavy atom. The fraction of sp³-hybridized carbons (Fsp3) is 0.739. The van der Waals surface area contributed by atoms with E-state index < -0.39 is 0 Å². The molecule has 0 fully saturated rings. The van der Waals surface area contributed by atoms with Crippen LogP contribution < -0.4 is 0 Å². The first kappa shape index (κ1) is 22.1. The Bertz CT molecular complexity index is 584. The lowest BCUT2D eigenvalue weighted by Crippen LogP contribution is -2.31. The molecule has 1 aliphatic rings. The third-order valence-corrected chi connectivity index (χ3v) is 6.68. The van der Waals surface area contributed by atoms with Crippen molar-refractivity contribution in [1.82, 2.24) is 4.90 Å². The number of carbonyl (C=O) groups excluding carboxylic acids is 2. The molecule has 0 spiro atoms. The van der Waals surface area contributed by atoms with Crippen molar-refractivity contribution in [2.45, 2.75) is 104 Å². The maximum Gasteiger partial charge on any atom is 0.262 e. The highest BCUT2D eigenvalue weighted by atomic mass is 32.1. The van der Waals surface area contributed by atoms with E-state index in [1.165, 1.54) is 75.5 Å². The fourth-order valence-corrected chi connectivity index (χ4v) is 5.09. The zero-order chi connectivity index (χ0) is 19.6. The molecule has 0 atom stereocenters. The number of imide groups is 1. The number of fused-ring (bicyclic) bond motifs is 1. The summed E-state index contributed by atoms with van der Waals surface area (Å²) in [6.45, 7) is 6.72. The second-order valence-electron chi connectivity index (χ2n) is 7.97. The molecule has 1 aromatic heterocycles. The number of thiophene rings is 1. The Morgan fingerprint density at radius 2 is 1.00 bits per heavy atom. The van der Waals surface area contributed by atoms with Crippen LogP contribution in [0.15, 0.2) is 0 Å². The van der Waals surface area contributed by atoms with Crippen LogP contribution in [0.25, 0.3) is 0 Å². The Kier molecular flexibility index (Phi) is 9.53. The molecule has 3 nitrogen and oxygen atoms in total. The monoisotopic (exact) mass is 391 g/mol. The van der Waals surface area contributed by atoms with Crippen molar-refractivity contribution in [3.63, 3.8) is 0 Å². The molecule has 2 amide bonds. The fourth-order valence-electron chi connectivity index (χ4n) is 4.05. The van der Waals surface area contributed by atoms with E-state index >= 15 is 0 Å². The summed E-state index contributed by atoms with van der Waals surface area (Å²) < 4.78 is 0. The lowest BCUT2D eigenvalue weighted by Gasteiger charge is -2.14. The number of rotatable bonds is 14. The molecule has 0 saturated heterocycles. The summed E-state index contributed by atoms with van der Waals surface area (Å²) in [5, 5.41) is 0. The highest BCUT2D eigenvalue weighted by Crippen LogP contribution is 2.34. The van der Waals surface area contributed by atoms with Crippen molar-refractivity contribution in [3.05, 3.63) is 20.9 Å². The summed E-state index contributed by atoms with van der Waals surface area (Å²) in [6.07, 6.45) is 16.9. The molecule has 0 radical (unpaired) electrons. The minimum atomic E-state index is -0.0733. The summed E-state index contributed by atoms with van der Waals surface area (Å²) in [4.78, 5) is 28.4. The van der Waals surface area contributed by atoms with E-state index in [0.29, 0.717) is 17.7 Å². The smallest absolute Gasteiger partial charge is 0.262 e. The summed E-state index contributed by atoms with van der Waals surface area (Å²) in [5.41, 5.74) is 1.33. The van der Waals surface area contributed by atoms with E-state index in [9.17, 15) is 9.59 Å². The molecule has 0 N–H and O–H groups in total. The van der Waals surface area contributed by atoms with Gasteiger partial charge in [0.25, 0.3) is 11.8 Å². The van der Waals surface area contributed by atoms with Gasteiger partial charge in [0.1, 0.15) is 0 Å². The average Bonchev–Trinajstić information content (AvgIpc) is 3.08. The summed E-state index contributed by atoms with van der Waals surface area (Å²) in [5.74, 6) is -0.147. The van der Waals surface area contributed by atoms with E-state index in [-0.39, 0.29) is 11.8 Å². The first-order chi connectivity index (χ1) is 13.1. The molecule has 0 unspecified atom stereocenters. The first-order valence-electron chi connectivity index (χ1n) is 11.0. The molecule has 152 valence electrons. The van der Waals surface area contributed by atoms with E-state index in [2.05, 4.69) is 6.92 Å². The van der Waals surface area contributed by atoms with Crippen molar-refractivity contribution in [3.8, 4) is 0 Å². The molecule has 1 aromatic rings. The van der Waals surface area contributed by atoms with Crippen molar-refractivity contribution in [2.75, 3.05) is 6.54 Å². The first-order valence-corrected chi connectivity index (χ1v) is 11.9. The standard InChI is InChI=1S/C23H37NO2S/c1-4-5-6-7-8-9-10-11-12-13-14-15-16-17-24-22(25)20-18(2)27-19(3)21(20)23(24)26/h4-17H2,1-3H3. The van der Waals surface area contributed by atoms with E-state index in [0.717, 1.165) is 22.6 Å². The van der Waals surface area contributed by atoms with Gasteiger partial charge in [-0.05, 0) is 20.3 Å². The number of amides is 2. The minimum absolute atomic E-state index is 0.0733. The van der Waals surface area contributed by atoms with Gasteiger partial charge in [0.05, 0.1) is 11.1 Å². The van der Waals surface area contributed by atoms with Crippen LogP contribution in [-0.2, 0) is 0 Å². The van der Waals surface area contributed by atoms with Gasteiger partial charge in [-0.3, -0.25) is 14.5 Å². The van der Waals surface area contributed by atoms with Gasteiger partial charge >= 0.3 is 0 Å². The van der Waals surface area contributed by atoms with E-state index in [4.69, 9.17) is 0 Å². The van der Waals surface area contributed by atoms with E-state index in [1.807, 2.05) is 13.8 Å². The van der Waals surface area contributed by atoms with Crippen LogP contribution in [0.4, 0.5) is 0 Å². The molecule has 0 aliphatic carbocycles. The van der Waals surface area contributed by atoms with Crippen LogP contribution in [0.5, 0.6) is 0 Å². The molecule has 4 heteroatoms. The van der Waals surface area contributed by atoms with Gasteiger partial charge < -0.3 is 0 Å². The van der Waals surface area contributed by atoms with Crippen LogP contribution in [0.2, 0.25) is 0 Å². The maximum atomic E-state index is 12.5. The third-order valence-electron chi connectivity index (χ3n) is 5.66. The van der Waals surface area contributed by atoms with Gasteiger partial charge in [-0.1, -0.05) is 84.0 Å². The largest absolute Gasteiger partial charge is 0.274 e. The number of hydrogen-bond acceptors (Lipinski definition) is 3. The number of carbonyl (C=O) groups is 2. The Labute approximate surface area is 169 Å². The molecule has 2 heterocycles. The van der Waals surface area contributed by atoms with Gasteiger partial charge in [-0.15, -0.1) is 11.3 Å². The summed E-state index contributed by atoms with van der Waals surface area (Å²) in [6, 6.07) is 0. The predicted molar refractivity (Wildman–Crippen MR) is 115 cm³/mol. The van der Waals surface area contributed by atoms with Gasteiger partial charge in [0, 0.05) is 16.3 Å². The zero-order valence-electron chi connectivity index (χ0n) is 17.6. The molecular formula is C23H37NO2S. The van der Waals surface area contributed by atoms with Crippen LogP contribution >= 0.6 is 11.3 Å². The molecule has 0 aromatic carbocycles. The van der Waals surface area contributed by atoms with Crippen molar-refractivity contribution in [2.24, 2.45) is 0 Å². The van der Waals surface area contributed by atoms with Gasteiger partial charge in [0.15, 0.2) is 0 Å². The number of nitrogens with zero attached hydrogens (tertiary/aromatic N) is 1. The topological polar surface area (TPSA) is 37.4 Å². The molecule has 0 bridgehead atoms. The van der Waals surface area contributed by atoms with Crippen LogP contribution in [0, 0.1) is 13.8 Å². The average molecular weight is 392 g/mol. The lowest BCUT2D eigenvalue weighted by molar-refractivity contribution is 0.0651. The Morgan fingerprint density at radius 1 is 0.630 bits per heavy atom. The maximum absolute atomic E-state index is 12.5. The number of aryl methyl sites for hydroxylation is 2. The summed E-state index contributed by atoms with van der Waals surface area (Å²) in [7, 11) is 0. The number of unbranched alkanes of at least 4 members (excludes halogenated alkanes) is 12. The Hall–Kier alpha value is -1.16. The van der Waals surface area contributed by atoms with E-state index in [1.54, 1.807) is 11.3 Å². The van der Waals surface area contributed by atoms with Gasteiger partial charge in [0.2, 0.25) is 0 Å². The molecule has 1 aliphatic heterocycles. The van der Waals surface area contributed by atoms with Crippen LogP contribution in [0.1, 0.15) is 121 Å². The van der Waals surface area contributed by atoms with Crippen LogP contribution in [-0.4, -0.2) is 23.3 Å². The number of hydrogen-bond donors (Lipinski definition) is 0. The quantitative estimate of drug-likeness (QED) is 0.252. The highest BCUT2D eigenvalue weighted by Gasteiger charge is 2.39. The van der Waals surface area contributed by atoms with Crippen molar-refractivity contribution < 1.29 is 9.59 Å². The third kappa shape index (κ3) is 6.17. The molecule has 0 saturated carbocycles. The highest BCUT2D eigenvalue weighted by molar-refractivity contribution is 7.12. The lowest BCUT2D eigenvalue weighted by atomic mass is 10.0.